The summed E-state index contributed by atoms with van der Waals surface area (Å²) in [4.78, 5) is 16.6. The van der Waals surface area contributed by atoms with E-state index >= 15 is 0 Å². The van der Waals surface area contributed by atoms with E-state index in [-0.39, 0.29) is 11.7 Å². The van der Waals surface area contributed by atoms with E-state index in [4.69, 9.17) is 15.5 Å². The van der Waals surface area contributed by atoms with Crippen molar-refractivity contribution < 1.29 is 9.13 Å². The van der Waals surface area contributed by atoms with Crippen LogP contribution in [0.2, 0.25) is 0 Å². The standard InChI is InChI=1S/C21H20FN5O/c1-12-3-4-14(9-16(12)22)21-26-18(13-5-7-24-8-6-13)19(27-21)15-10-17(28-2)20(23)25-11-15/h3-10,15H,11H2,1-2H3,(H2,23,25)(H,26,27). The molecule has 28 heavy (non-hydrogen) atoms. The number of rotatable bonds is 4. The van der Waals surface area contributed by atoms with Gasteiger partial charge in [-0.3, -0.25) is 9.98 Å². The van der Waals surface area contributed by atoms with Gasteiger partial charge in [0, 0.05) is 29.4 Å². The molecule has 0 radical (unpaired) electrons. The van der Waals surface area contributed by atoms with Crippen molar-refractivity contribution in [3.8, 4) is 22.6 Å². The molecule has 1 aliphatic heterocycles. The topological polar surface area (TPSA) is 89.2 Å². The summed E-state index contributed by atoms with van der Waals surface area (Å²) in [6.45, 7) is 2.21. The Morgan fingerprint density at radius 3 is 2.68 bits per heavy atom. The van der Waals surface area contributed by atoms with E-state index in [1.807, 2.05) is 24.3 Å². The molecule has 0 fully saturated rings. The summed E-state index contributed by atoms with van der Waals surface area (Å²) in [7, 11) is 1.56. The lowest BCUT2D eigenvalue weighted by atomic mass is 9.98. The number of dihydropyridines is 1. The molecule has 0 aliphatic carbocycles. The first-order chi connectivity index (χ1) is 13.6. The van der Waals surface area contributed by atoms with Crippen molar-refractivity contribution in [1.29, 1.82) is 0 Å². The van der Waals surface area contributed by atoms with E-state index in [9.17, 15) is 4.39 Å². The maximum Gasteiger partial charge on any atom is 0.161 e. The Morgan fingerprint density at radius 2 is 1.96 bits per heavy atom. The third kappa shape index (κ3) is 3.26. The molecule has 0 spiro atoms. The first kappa shape index (κ1) is 17.9. The Balaban J connectivity index is 1.84. The number of aromatic amines is 1. The highest BCUT2D eigenvalue weighted by molar-refractivity contribution is 5.96. The number of hydrogen-bond donors (Lipinski definition) is 2. The summed E-state index contributed by atoms with van der Waals surface area (Å²) >= 11 is 0. The van der Waals surface area contributed by atoms with Crippen LogP contribution in [0.4, 0.5) is 4.39 Å². The minimum absolute atomic E-state index is 0.0954. The molecule has 1 aromatic carbocycles. The van der Waals surface area contributed by atoms with Crippen molar-refractivity contribution >= 4 is 5.84 Å². The number of H-pyrrole nitrogens is 1. The number of aromatic nitrogens is 3. The molecule has 7 heteroatoms. The van der Waals surface area contributed by atoms with Crippen molar-refractivity contribution in [3.05, 3.63) is 71.6 Å². The van der Waals surface area contributed by atoms with Crippen molar-refractivity contribution in [2.24, 2.45) is 10.7 Å². The Labute approximate surface area is 162 Å². The summed E-state index contributed by atoms with van der Waals surface area (Å²) in [5, 5.41) is 0. The summed E-state index contributed by atoms with van der Waals surface area (Å²) < 4.78 is 19.4. The second-order valence-corrected chi connectivity index (χ2v) is 6.62. The SMILES string of the molecule is COC1=CC(c2[nH]c(-c3ccc(C)c(F)c3)nc2-c2ccncc2)CN=C1N. The molecule has 1 unspecified atom stereocenters. The fourth-order valence-electron chi connectivity index (χ4n) is 3.20. The molecule has 0 bridgehead atoms. The monoisotopic (exact) mass is 377 g/mol. The van der Waals surface area contributed by atoms with E-state index in [2.05, 4.69) is 15.0 Å². The Bertz CT molecular complexity index is 1070. The molecule has 0 saturated carbocycles. The highest BCUT2D eigenvalue weighted by Gasteiger charge is 2.24. The molecule has 4 rings (SSSR count). The van der Waals surface area contributed by atoms with Gasteiger partial charge >= 0.3 is 0 Å². The number of amidine groups is 1. The number of imidazole rings is 1. The number of pyridine rings is 1. The molecule has 1 atom stereocenters. The smallest absolute Gasteiger partial charge is 0.161 e. The average molecular weight is 377 g/mol. The van der Waals surface area contributed by atoms with E-state index in [1.54, 1.807) is 32.5 Å². The van der Waals surface area contributed by atoms with Crippen molar-refractivity contribution in [2.75, 3.05) is 13.7 Å². The van der Waals surface area contributed by atoms with Gasteiger partial charge < -0.3 is 15.5 Å². The van der Waals surface area contributed by atoms with E-state index in [0.717, 1.165) is 17.0 Å². The average Bonchev–Trinajstić information content (AvgIpc) is 3.16. The van der Waals surface area contributed by atoms with Crippen molar-refractivity contribution in [1.82, 2.24) is 15.0 Å². The zero-order valence-corrected chi connectivity index (χ0v) is 15.6. The van der Waals surface area contributed by atoms with Gasteiger partial charge in [-0.15, -0.1) is 0 Å². The Kier molecular flexibility index (Phi) is 4.65. The Hall–Kier alpha value is -3.48. The van der Waals surface area contributed by atoms with E-state index in [0.29, 0.717) is 35.1 Å². The molecule has 142 valence electrons. The van der Waals surface area contributed by atoms with Gasteiger partial charge in [-0.2, -0.15) is 0 Å². The predicted molar refractivity (Wildman–Crippen MR) is 106 cm³/mol. The van der Waals surface area contributed by atoms with Gasteiger partial charge in [0.25, 0.3) is 0 Å². The third-order valence-electron chi connectivity index (χ3n) is 4.78. The van der Waals surface area contributed by atoms with Gasteiger partial charge in [-0.1, -0.05) is 12.1 Å². The van der Waals surface area contributed by atoms with Crippen molar-refractivity contribution in [3.63, 3.8) is 0 Å². The molecule has 3 heterocycles. The number of nitrogens with two attached hydrogens (primary N) is 1. The molecule has 1 aliphatic rings. The number of aliphatic imine (C=N–C) groups is 1. The van der Waals surface area contributed by atoms with Crippen molar-refractivity contribution in [2.45, 2.75) is 12.8 Å². The van der Waals surface area contributed by atoms with E-state index in [1.165, 1.54) is 6.07 Å². The van der Waals surface area contributed by atoms with Gasteiger partial charge in [-0.05, 0) is 36.8 Å². The van der Waals surface area contributed by atoms with Crippen LogP contribution < -0.4 is 5.73 Å². The maximum absolute atomic E-state index is 14.1. The highest BCUT2D eigenvalue weighted by Crippen LogP contribution is 2.33. The van der Waals surface area contributed by atoms with Gasteiger partial charge in [0.1, 0.15) is 11.6 Å². The van der Waals surface area contributed by atoms with Gasteiger partial charge in [-0.25, -0.2) is 9.37 Å². The third-order valence-corrected chi connectivity index (χ3v) is 4.78. The fraction of sp³-hybridized carbons (Fsp3) is 0.190. The van der Waals surface area contributed by atoms with Gasteiger partial charge in [0.2, 0.25) is 0 Å². The summed E-state index contributed by atoms with van der Waals surface area (Å²) in [6.07, 6.45) is 5.36. The minimum Gasteiger partial charge on any atom is -0.493 e. The zero-order valence-electron chi connectivity index (χ0n) is 15.6. The first-order valence-electron chi connectivity index (χ1n) is 8.89. The number of nitrogens with zero attached hydrogens (tertiary/aromatic N) is 3. The second-order valence-electron chi connectivity index (χ2n) is 6.62. The maximum atomic E-state index is 14.1. The van der Waals surface area contributed by atoms with Crippen LogP contribution in [0.15, 0.2) is 59.6 Å². The molecule has 3 aromatic rings. The van der Waals surface area contributed by atoms with Crippen LogP contribution in [-0.2, 0) is 4.74 Å². The van der Waals surface area contributed by atoms with Crippen LogP contribution >= 0.6 is 0 Å². The molecule has 0 saturated heterocycles. The number of nitrogens with one attached hydrogen (secondary N) is 1. The number of ether oxygens (including phenoxy) is 1. The lowest BCUT2D eigenvalue weighted by molar-refractivity contribution is 0.309. The van der Waals surface area contributed by atoms with Crippen LogP contribution in [0.25, 0.3) is 22.6 Å². The Morgan fingerprint density at radius 1 is 1.18 bits per heavy atom. The molecular weight excluding hydrogens is 357 g/mol. The molecule has 3 N–H and O–H groups in total. The quantitative estimate of drug-likeness (QED) is 0.727. The molecular formula is C21H20FN5O. The number of halogens is 1. The second kappa shape index (κ2) is 7.26. The molecule has 2 aromatic heterocycles. The first-order valence-corrected chi connectivity index (χ1v) is 8.89. The minimum atomic E-state index is -0.266. The summed E-state index contributed by atoms with van der Waals surface area (Å²) in [6, 6.07) is 8.86. The largest absolute Gasteiger partial charge is 0.493 e. The summed E-state index contributed by atoms with van der Waals surface area (Å²) in [5.41, 5.74) is 9.71. The normalized spacial score (nSPS) is 16.5. The van der Waals surface area contributed by atoms with Crippen LogP contribution in [0.5, 0.6) is 0 Å². The zero-order chi connectivity index (χ0) is 19.7. The number of hydrogen-bond acceptors (Lipinski definition) is 5. The van der Waals surface area contributed by atoms with E-state index < -0.39 is 0 Å². The van der Waals surface area contributed by atoms with Crippen LogP contribution in [0.3, 0.4) is 0 Å². The van der Waals surface area contributed by atoms with Gasteiger partial charge in [0.05, 0.1) is 25.0 Å². The lowest BCUT2D eigenvalue weighted by Crippen LogP contribution is -2.23. The highest BCUT2D eigenvalue weighted by atomic mass is 19.1. The fourth-order valence-corrected chi connectivity index (χ4v) is 3.20. The summed E-state index contributed by atoms with van der Waals surface area (Å²) in [5.74, 6) is 1.15. The van der Waals surface area contributed by atoms with Crippen LogP contribution in [0.1, 0.15) is 17.2 Å². The van der Waals surface area contributed by atoms with Gasteiger partial charge in [0.15, 0.2) is 11.6 Å². The molecule has 0 amide bonds. The van der Waals surface area contributed by atoms with Crippen LogP contribution in [0, 0.1) is 12.7 Å². The molecule has 6 nitrogen and oxygen atoms in total. The lowest BCUT2D eigenvalue weighted by Gasteiger charge is -2.18. The number of methoxy groups -OCH3 is 1. The number of aryl methyl sites for hydroxylation is 1. The van der Waals surface area contributed by atoms with Crippen LogP contribution in [-0.4, -0.2) is 34.4 Å². The number of benzene rings is 1. The predicted octanol–water partition coefficient (Wildman–Crippen LogP) is 3.57.